The highest BCUT2D eigenvalue weighted by atomic mass is 16.7. The van der Waals surface area contributed by atoms with E-state index in [0.29, 0.717) is 12.1 Å². The van der Waals surface area contributed by atoms with Gasteiger partial charge in [-0.1, -0.05) is 0 Å². The van der Waals surface area contributed by atoms with E-state index in [2.05, 4.69) is 10.1 Å². The van der Waals surface area contributed by atoms with Crippen LogP contribution in [0.1, 0.15) is 0 Å². The molecule has 12 nitrogen and oxygen atoms in total. The minimum Gasteiger partial charge on any atom is -0.569 e. The largest absolute Gasteiger partial charge is 0.569 e. The number of hydrazine groups is 1. The van der Waals surface area contributed by atoms with Crippen LogP contribution in [0.3, 0.4) is 0 Å². The number of nitro groups is 2. The van der Waals surface area contributed by atoms with Gasteiger partial charge in [0.25, 0.3) is 0 Å². The van der Waals surface area contributed by atoms with Crippen LogP contribution in [-0.4, -0.2) is 39.0 Å². The van der Waals surface area contributed by atoms with Crippen molar-refractivity contribution in [3.05, 3.63) is 37.6 Å². The first-order chi connectivity index (χ1) is 9.23. The number of hydrogen-bond acceptors (Lipinski definition) is 8. The fraction of sp³-hybridized carbons (Fsp3) is 0.250. The van der Waals surface area contributed by atoms with Gasteiger partial charge in [0.2, 0.25) is 11.0 Å². The van der Waals surface area contributed by atoms with Gasteiger partial charge in [0.15, 0.2) is 5.75 Å². The molecule has 0 amide bonds. The number of phenols is 1. The van der Waals surface area contributed by atoms with Crippen molar-refractivity contribution >= 4 is 11.4 Å². The third-order valence-electron chi connectivity index (χ3n) is 2.00. The molecule has 0 atom stereocenters. The summed E-state index contributed by atoms with van der Waals surface area (Å²) in [4.78, 5) is 23.8. The Bertz CT molecular complexity index is 585. The lowest BCUT2D eigenvalue weighted by Crippen LogP contribution is -2.21. The van der Waals surface area contributed by atoms with Crippen LogP contribution in [0, 0.1) is 25.4 Å². The maximum atomic E-state index is 11.1. The molecule has 0 aliphatic heterocycles. The van der Waals surface area contributed by atoms with Crippen molar-refractivity contribution in [1.29, 1.82) is 0 Å². The standard InChI is InChI=1S/C8H9N5O7/c1-10(2)13(19)9-20-8-4-7(14)5(11(15)16)3-6(8)12(17)18/h3-4,14H,1-2H3/b13-9-. The van der Waals surface area contributed by atoms with Crippen molar-refractivity contribution < 1.29 is 24.8 Å². The lowest BCUT2D eigenvalue weighted by molar-refractivity contribution is -0.695. The second-order valence-electron chi connectivity index (χ2n) is 3.60. The van der Waals surface area contributed by atoms with E-state index < -0.39 is 32.7 Å². The van der Waals surface area contributed by atoms with Crippen LogP contribution < -0.4 is 4.84 Å². The Morgan fingerprint density at radius 1 is 1.15 bits per heavy atom. The Morgan fingerprint density at radius 2 is 1.70 bits per heavy atom. The van der Waals surface area contributed by atoms with Gasteiger partial charge in [-0.05, 0) is 0 Å². The zero-order chi connectivity index (χ0) is 15.4. The summed E-state index contributed by atoms with van der Waals surface area (Å²) >= 11 is 0. The fourth-order valence-electron chi connectivity index (χ4n) is 1.06. The Balaban J connectivity index is 3.26. The predicted octanol–water partition coefficient (Wildman–Crippen LogP) is 0.941. The first kappa shape index (κ1) is 14.9. The highest BCUT2D eigenvalue weighted by Gasteiger charge is 2.26. The van der Waals surface area contributed by atoms with Gasteiger partial charge in [-0.15, -0.1) is 0 Å². The normalized spacial score (nSPS) is 11.0. The molecule has 1 N–H and O–H groups in total. The number of rotatable bonds is 5. The van der Waals surface area contributed by atoms with Crippen molar-refractivity contribution in [3.63, 3.8) is 0 Å². The fourth-order valence-corrected chi connectivity index (χ4v) is 1.06. The topological polar surface area (TPSA) is 157 Å². The zero-order valence-electron chi connectivity index (χ0n) is 10.3. The number of benzene rings is 1. The molecule has 0 aliphatic carbocycles. The molecule has 0 aromatic heterocycles. The summed E-state index contributed by atoms with van der Waals surface area (Å²) in [6.45, 7) is 0. The SMILES string of the molecule is CN(C)/[N+]([O-])=N/Oc1cc(O)c([N+](=O)[O-])cc1[N+](=O)[O-]. The summed E-state index contributed by atoms with van der Waals surface area (Å²) in [5.41, 5.74) is -1.68. The maximum absolute atomic E-state index is 11.1. The van der Waals surface area contributed by atoms with Crippen LogP contribution in [0.5, 0.6) is 11.5 Å². The summed E-state index contributed by atoms with van der Waals surface area (Å²) in [5.74, 6) is -1.46. The van der Waals surface area contributed by atoms with Gasteiger partial charge in [-0.3, -0.25) is 25.1 Å². The molecule has 0 unspecified atom stereocenters. The monoisotopic (exact) mass is 287 g/mol. The Morgan fingerprint density at radius 3 is 2.15 bits per heavy atom. The molecule has 0 bridgehead atoms. The second kappa shape index (κ2) is 5.64. The highest BCUT2D eigenvalue weighted by molar-refractivity contribution is 5.60. The van der Waals surface area contributed by atoms with Gasteiger partial charge < -0.3 is 10.3 Å². The number of nitro benzene ring substituents is 2. The summed E-state index contributed by atoms with van der Waals surface area (Å²) in [5, 5.41) is 45.7. The summed E-state index contributed by atoms with van der Waals surface area (Å²) in [6.07, 6.45) is 0. The first-order valence-corrected chi connectivity index (χ1v) is 4.92. The van der Waals surface area contributed by atoms with Crippen LogP contribution in [0.2, 0.25) is 0 Å². The minimum atomic E-state index is -0.997. The molecule has 0 spiro atoms. The van der Waals surface area contributed by atoms with Crippen molar-refractivity contribution in [2.75, 3.05) is 14.1 Å². The average Bonchev–Trinajstić information content (AvgIpc) is 2.34. The maximum Gasteiger partial charge on any atom is 0.321 e. The molecule has 108 valence electrons. The van der Waals surface area contributed by atoms with Crippen molar-refractivity contribution in [3.8, 4) is 11.5 Å². The van der Waals surface area contributed by atoms with E-state index in [0.717, 1.165) is 5.01 Å². The highest BCUT2D eigenvalue weighted by Crippen LogP contribution is 2.38. The van der Waals surface area contributed by atoms with Gasteiger partial charge in [0.05, 0.1) is 28.9 Å². The summed E-state index contributed by atoms with van der Waals surface area (Å²) in [6, 6.07) is 1.13. The van der Waals surface area contributed by atoms with Gasteiger partial charge in [0.1, 0.15) is 6.07 Å². The molecule has 12 heteroatoms. The molecule has 0 fully saturated rings. The molecule has 0 aliphatic rings. The molecule has 1 aromatic rings. The van der Waals surface area contributed by atoms with E-state index in [-0.39, 0.29) is 4.97 Å². The molecule has 1 rings (SSSR count). The van der Waals surface area contributed by atoms with E-state index >= 15 is 0 Å². The van der Waals surface area contributed by atoms with E-state index in [1.807, 2.05) is 0 Å². The number of nitrogens with zero attached hydrogens (tertiary/aromatic N) is 5. The van der Waals surface area contributed by atoms with Gasteiger partial charge >= 0.3 is 11.4 Å². The van der Waals surface area contributed by atoms with Crippen LogP contribution >= 0.6 is 0 Å². The molecule has 0 radical (unpaired) electrons. The summed E-state index contributed by atoms with van der Waals surface area (Å²) < 4.78 is 0. The molecule has 0 saturated carbocycles. The summed E-state index contributed by atoms with van der Waals surface area (Å²) in [7, 11) is 2.67. The third kappa shape index (κ3) is 3.18. The van der Waals surface area contributed by atoms with E-state index in [9.17, 15) is 30.5 Å². The molecule has 0 heterocycles. The zero-order valence-corrected chi connectivity index (χ0v) is 10.3. The quantitative estimate of drug-likeness (QED) is 0.362. The molecule has 0 saturated heterocycles. The first-order valence-electron chi connectivity index (χ1n) is 4.92. The third-order valence-corrected chi connectivity index (χ3v) is 2.00. The van der Waals surface area contributed by atoms with Crippen molar-refractivity contribution in [2.45, 2.75) is 0 Å². The molecular formula is C8H9N5O7. The van der Waals surface area contributed by atoms with E-state index in [1.54, 1.807) is 0 Å². The van der Waals surface area contributed by atoms with Crippen LogP contribution in [0.25, 0.3) is 0 Å². The second-order valence-corrected chi connectivity index (χ2v) is 3.60. The number of hydrogen-bond donors (Lipinski definition) is 1. The van der Waals surface area contributed by atoms with Gasteiger partial charge in [-0.25, -0.2) is 0 Å². The lowest BCUT2D eigenvalue weighted by Gasteiger charge is -2.06. The lowest BCUT2D eigenvalue weighted by atomic mass is 10.2. The minimum absolute atomic E-state index is 0.0256. The predicted molar refractivity (Wildman–Crippen MR) is 61.8 cm³/mol. The Labute approximate surface area is 110 Å². The van der Waals surface area contributed by atoms with Crippen LogP contribution in [0.15, 0.2) is 17.4 Å². The number of phenolic OH excluding ortho intramolecular Hbond substituents is 1. The van der Waals surface area contributed by atoms with Crippen LogP contribution in [-0.2, 0) is 0 Å². The van der Waals surface area contributed by atoms with Gasteiger partial charge in [0, 0.05) is 6.07 Å². The van der Waals surface area contributed by atoms with Gasteiger partial charge in [-0.2, -0.15) is 5.01 Å². The Hall–Kier alpha value is -3.18. The molecular weight excluding hydrogens is 278 g/mol. The van der Waals surface area contributed by atoms with Crippen molar-refractivity contribution in [2.24, 2.45) is 5.28 Å². The Kier molecular flexibility index (Phi) is 4.20. The van der Waals surface area contributed by atoms with E-state index in [4.69, 9.17) is 0 Å². The molecule has 20 heavy (non-hydrogen) atoms. The smallest absolute Gasteiger partial charge is 0.321 e. The molecule has 1 aromatic carbocycles. The van der Waals surface area contributed by atoms with Crippen molar-refractivity contribution in [1.82, 2.24) is 5.01 Å². The number of aromatic hydroxyl groups is 1. The average molecular weight is 287 g/mol. The van der Waals surface area contributed by atoms with E-state index in [1.165, 1.54) is 14.1 Å². The van der Waals surface area contributed by atoms with Crippen LogP contribution in [0.4, 0.5) is 11.4 Å².